The second-order valence-corrected chi connectivity index (χ2v) is 7.39. The van der Waals surface area contributed by atoms with Gasteiger partial charge < -0.3 is 10.0 Å². The Morgan fingerprint density at radius 3 is 2.43 bits per heavy atom. The first-order valence-electron chi connectivity index (χ1n) is 6.87. The molecule has 1 aromatic carbocycles. The largest absolute Gasteiger partial charge is 0.392 e. The summed E-state index contributed by atoms with van der Waals surface area (Å²) >= 11 is 6.03. The van der Waals surface area contributed by atoms with Crippen molar-refractivity contribution in [2.24, 2.45) is 0 Å². The van der Waals surface area contributed by atoms with Crippen LogP contribution >= 0.6 is 11.6 Å². The molecule has 1 rings (SSSR count). The SMILES string of the molecule is CCN(CCCN(C)C)S(=O)(=O)c1cc(CO)ccc1Cl. The highest BCUT2D eigenvalue weighted by Crippen LogP contribution is 2.26. The van der Waals surface area contributed by atoms with E-state index in [1.54, 1.807) is 13.0 Å². The Labute approximate surface area is 132 Å². The van der Waals surface area contributed by atoms with Gasteiger partial charge in [-0.1, -0.05) is 24.6 Å². The number of nitrogens with zero attached hydrogens (tertiary/aromatic N) is 2. The summed E-state index contributed by atoms with van der Waals surface area (Å²) < 4.78 is 26.8. The molecule has 7 heteroatoms. The molecular weight excluding hydrogens is 312 g/mol. The summed E-state index contributed by atoms with van der Waals surface area (Å²) in [6.07, 6.45) is 0.747. The van der Waals surface area contributed by atoms with E-state index in [0.717, 1.165) is 13.0 Å². The zero-order valence-corrected chi connectivity index (χ0v) is 14.3. The third-order valence-corrected chi connectivity index (χ3v) is 5.62. The van der Waals surface area contributed by atoms with Crippen LogP contribution < -0.4 is 0 Å². The van der Waals surface area contributed by atoms with Crippen LogP contribution in [-0.2, 0) is 16.6 Å². The Bertz CT molecular complexity index is 561. The Balaban J connectivity index is 3.01. The van der Waals surface area contributed by atoms with Crippen molar-refractivity contribution in [2.45, 2.75) is 24.8 Å². The summed E-state index contributed by atoms with van der Waals surface area (Å²) in [6, 6.07) is 4.56. The minimum absolute atomic E-state index is 0.0578. The van der Waals surface area contributed by atoms with Crippen LogP contribution in [0.1, 0.15) is 18.9 Å². The van der Waals surface area contributed by atoms with Gasteiger partial charge in [-0.3, -0.25) is 0 Å². The quantitative estimate of drug-likeness (QED) is 0.787. The van der Waals surface area contributed by atoms with E-state index < -0.39 is 10.0 Å². The predicted octanol–water partition coefficient (Wildman–Crippen LogP) is 1.79. The molecule has 0 fully saturated rings. The van der Waals surface area contributed by atoms with Gasteiger partial charge >= 0.3 is 0 Å². The van der Waals surface area contributed by atoms with Crippen molar-refractivity contribution in [1.29, 1.82) is 0 Å². The summed E-state index contributed by atoms with van der Waals surface area (Å²) in [5.41, 5.74) is 0.530. The first kappa shape index (κ1) is 18.4. The Morgan fingerprint density at radius 2 is 1.90 bits per heavy atom. The molecule has 0 aliphatic carbocycles. The molecule has 0 saturated heterocycles. The molecule has 0 aliphatic rings. The zero-order valence-electron chi connectivity index (χ0n) is 12.7. The number of rotatable bonds is 8. The van der Waals surface area contributed by atoms with E-state index in [-0.39, 0.29) is 16.5 Å². The van der Waals surface area contributed by atoms with Crippen molar-refractivity contribution < 1.29 is 13.5 Å². The minimum Gasteiger partial charge on any atom is -0.392 e. The van der Waals surface area contributed by atoms with Gasteiger partial charge in [0.05, 0.1) is 11.6 Å². The molecule has 0 bridgehead atoms. The van der Waals surface area contributed by atoms with E-state index in [9.17, 15) is 8.42 Å². The van der Waals surface area contributed by atoms with Crippen LogP contribution in [0.3, 0.4) is 0 Å². The molecular formula is C14H23ClN2O3S. The second-order valence-electron chi connectivity index (χ2n) is 5.08. The fourth-order valence-corrected chi connectivity index (χ4v) is 4.01. The molecule has 0 unspecified atom stereocenters. The number of benzene rings is 1. The third-order valence-electron chi connectivity index (χ3n) is 3.16. The summed E-state index contributed by atoms with van der Waals surface area (Å²) in [5.74, 6) is 0. The van der Waals surface area contributed by atoms with E-state index in [2.05, 4.69) is 0 Å². The van der Waals surface area contributed by atoms with Crippen molar-refractivity contribution >= 4 is 21.6 Å². The normalized spacial score (nSPS) is 12.3. The Kier molecular flexibility index (Phi) is 7.09. The first-order chi connectivity index (χ1) is 9.82. The molecule has 1 N–H and O–H groups in total. The number of halogens is 1. The maximum absolute atomic E-state index is 12.7. The summed E-state index contributed by atoms with van der Waals surface area (Å²) in [4.78, 5) is 2.07. The standard InChI is InChI=1S/C14H23ClN2O3S/c1-4-17(9-5-8-16(2)3)21(19,20)14-10-12(11-18)6-7-13(14)15/h6-7,10,18H,4-5,8-9,11H2,1-3H3. The predicted molar refractivity (Wildman–Crippen MR) is 85.0 cm³/mol. The van der Waals surface area contributed by atoms with Crippen LogP contribution in [0.4, 0.5) is 0 Å². The summed E-state index contributed by atoms with van der Waals surface area (Å²) in [6.45, 7) is 3.23. The Hall–Kier alpha value is -0.660. The van der Waals surface area contributed by atoms with Gasteiger partial charge in [-0.2, -0.15) is 4.31 Å². The van der Waals surface area contributed by atoms with Crippen molar-refractivity contribution in [2.75, 3.05) is 33.7 Å². The molecule has 0 spiro atoms. The number of sulfonamides is 1. The number of aliphatic hydroxyl groups excluding tert-OH is 1. The highest BCUT2D eigenvalue weighted by atomic mass is 35.5. The lowest BCUT2D eigenvalue weighted by Gasteiger charge is -2.22. The topological polar surface area (TPSA) is 60.9 Å². The molecule has 0 aliphatic heterocycles. The van der Waals surface area contributed by atoms with Crippen LogP contribution in [0.25, 0.3) is 0 Å². The molecule has 0 saturated carbocycles. The molecule has 0 atom stereocenters. The van der Waals surface area contributed by atoms with Gasteiger partial charge in [0.1, 0.15) is 4.90 Å². The van der Waals surface area contributed by atoms with E-state index in [0.29, 0.717) is 18.7 Å². The van der Waals surface area contributed by atoms with E-state index in [4.69, 9.17) is 16.7 Å². The fourth-order valence-electron chi connectivity index (χ4n) is 1.99. The van der Waals surface area contributed by atoms with Gasteiger partial charge in [0.15, 0.2) is 0 Å². The van der Waals surface area contributed by atoms with Crippen LogP contribution in [0.5, 0.6) is 0 Å². The van der Waals surface area contributed by atoms with Gasteiger partial charge in [-0.25, -0.2) is 8.42 Å². The first-order valence-corrected chi connectivity index (χ1v) is 8.69. The molecule has 0 aromatic heterocycles. The maximum Gasteiger partial charge on any atom is 0.244 e. The van der Waals surface area contributed by atoms with Crippen LogP contribution in [-0.4, -0.2) is 56.5 Å². The van der Waals surface area contributed by atoms with E-state index in [1.165, 1.54) is 16.4 Å². The van der Waals surface area contributed by atoms with Gasteiger partial charge in [0.25, 0.3) is 0 Å². The lowest BCUT2D eigenvalue weighted by Crippen LogP contribution is -2.33. The van der Waals surface area contributed by atoms with Crippen LogP contribution in [0.15, 0.2) is 23.1 Å². The smallest absolute Gasteiger partial charge is 0.244 e. The zero-order chi connectivity index (χ0) is 16.0. The minimum atomic E-state index is -3.64. The molecule has 1 aromatic rings. The molecule has 0 radical (unpaired) electrons. The number of aliphatic hydroxyl groups is 1. The third kappa shape index (κ3) is 4.93. The average Bonchev–Trinajstić information content (AvgIpc) is 2.43. The number of hydrogen-bond acceptors (Lipinski definition) is 4. The van der Waals surface area contributed by atoms with Crippen molar-refractivity contribution in [3.63, 3.8) is 0 Å². The molecule has 120 valence electrons. The monoisotopic (exact) mass is 334 g/mol. The van der Waals surface area contributed by atoms with Gasteiger partial charge in [0, 0.05) is 13.1 Å². The van der Waals surface area contributed by atoms with Crippen molar-refractivity contribution in [1.82, 2.24) is 9.21 Å². The Morgan fingerprint density at radius 1 is 1.24 bits per heavy atom. The van der Waals surface area contributed by atoms with Crippen LogP contribution in [0.2, 0.25) is 5.02 Å². The van der Waals surface area contributed by atoms with Crippen LogP contribution in [0, 0.1) is 0 Å². The van der Waals surface area contributed by atoms with E-state index >= 15 is 0 Å². The molecule has 0 heterocycles. The average molecular weight is 335 g/mol. The molecule has 0 amide bonds. The summed E-state index contributed by atoms with van der Waals surface area (Å²) in [7, 11) is 0.261. The second kappa shape index (κ2) is 8.10. The molecule has 5 nitrogen and oxygen atoms in total. The number of hydrogen-bond donors (Lipinski definition) is 1. The lowest BCUT2D eigenvalue weighted by molar-refractivity contribution is 0.281. The lowest BCUT2D eigenvalue weighted by atomic mass is 10.2. The van der Waals surface area contributed by atoms with Crippen molar-refractivity contribution in [3.05, 3.63) is 28.8 Å². The van der Waals surface area contributed by atoms with Gasteiger partial charge in [-0.15, -0.1) is 0 Å². The van der Waals surface area contributed by atoms with Gasteiger partial charge in [0.2, 0.25) is 10.0 Å². The fraction of sp³-hybridized carbons (Fsp3) is 0.571. The highest BCUT2D eigenvalue weighted by molar-refractivity contribution is 7.89. The maximum atomic E-state index is 12.7. The van der Waals surface area contributed by atoms with Gasteiger partial charge in [-0.05, 0) is 44.8 Å². The van der Waals surface area contributed by atoms with Crippen molar-refractivity contribution in [3.8, 4) is 0 Å². The summed E-state index contributed by atoms with van der Waals surface area (Å²) in [5, 5.41) is 9.34. The molecule has 21 heavy (non-hydrogen) atoms. The van der Waals surface area contributed by atoms with E-state index in [1.807, 2.05) is 19.0 Å². The highest BCUT2D eigenvalue weighted by Gasteiger charge is 2.25.